The molecule has 1 heterocycles. The number of benzene rings is 2. The van der Waals surface area contributed by atoms with Crippen LogP contribution in [-0.2, 0) is 11.2 Å². The third-order valence-electron chi connectivity index (χ3n) is 4.40. The maximum absolute atomic E-state index is 12.5. The van der Waals surface area contributed by atoms with Crippen molar-refractivity contribution in [2.75, 3.05) is 24.4 Å². The van der Waals surface area contributed by atoms with Crippen LogP contribution in [0.2, 0.25) is 0 Å². The third kappa shape index (κ3) is 7.65. The normalized spacial score (nSPS) is 11.0. The molecule has 0 saturated carbocycles. The summed E-state index contributed by atoms with van der Waals surface area (Å²) < 4.78 is 46.9. The number of non-ortho nitro benzene ring substituents is 1. The predicted octanol–water partition coefficient (Wildman–Crippen LogP) is 5.78. The summed E-state index contributed by atoms with van der Waals surface area (Å²) in [4.78, 5) is 23.5. The summed E-state index contributed by atoms with van der Waals surface area (Å²) >= 11 is 6.52. The minimum Gasteiger partial charge on any atom is -0.484 e. The Labute approximate surface area is 206 Å². The first kappa shape index (κ1) is 25.9. The van der Waals surface area contributed by atoms with Crippen LogP contribution in [0.5, 0.6) is 5.75 Å². The van der Waals surface area contributed by atoms with E-state index in [1.807, 2.05) is 30.3 Å². The fourth-order valence-electron chi connectivity index (χ4n) is 2.96. The lowest BCUT2D eigenvalue weighted by molar-refractivity contribution is -0.384. The van der Waals surface area contributed by atoms with Gasteiger partial charge in [0.15, 0.2) is 11.7 Å². The SMILES string of the molecule is COC(=O)c1cc(Cc2ccccc2)sc1NC(=S)Nc1cc(OCC(F)(F)F)cc([N+](=O)[O-])c1. The maximum atomic E-state index is 12.5. The van der Waals surface area contributed by atoms with E-state index in [9.17, 15) is 28.1 Å². The maximum Gasteiger partial charge on any atom is 0.422 e. The van der Waals surface area contributed by atoms with Crippen molar-refractivity contribution in [2.24, 2.45) is 0 Å². The van der Waals surface area contributed by atoms with Crippen molar-refractivity contribution < 1.29 is 32.4 Å². The Bertz CT molecular complexity index is 1230. The summed E-state index contributed by atoms with van der Waals surface area (Å²) in [5.41, 5.74) is 0.794. The van der Waals surface area contributed by atoms with Gasteiger partial charge in [-0.1, -0.05) is 30.3 Å². The van der Waals surface area contributed by atoms with E-state index in [1.165, 1.54) is 18.4 Å². The zero-order valence-electron chi connectivity index (χ0n) is 18.0. The van der Waals surface area contributed by atoms with E-state index in [2.05, 4.69) is 15.4 Å². The van der Waals surface area contributed by atoms with E-state index in [-0.39, 0.29) is 22.1 Å². The quantitative estimate of drug-likeness (QED) is 0.165. The Morgan fingerprint density at radius 2 is 1.86 bits per heavy atom. The predicted molar refractivity (Wildman–Crippen MR) is 129 cm³/mol. The molecule has 3 rings (SSSR count). The van der Waals surface area contributed by atoms with Gasteiger partial charge in [-0.15, -0.1) is 11.3 Å². The standard InChI is InChI=1S/C22H18F3N3O5S2/c1-32-20(29)18-11-17(7-13-5-3-2-4-6-13)35-19(18)27-21(34)26-14-8-15(28(30)31)10-16(9-14)33-12-22(23,24)25/h2-6,8-11H,7,12H2,1H3,(H2,26,27,34). The Kier molecular flexibility index (Phi) is 8.25. The molecule has 35 heavy (non-hydrogen) atoms. The Hall–Kier alpha value is -3.71. The lowest BCUT2D eigenvalue weighted by Crippen LogP contribution is -2.21. The van der Waals surface area contributed by atoms with Crippen LogP contribution in [0.3, 0.4) is 0 Å². The van der Waals surface area contributed by atoms with Crippen molar-refractivity contribution >= 4 is 51.0 Å². The van der Waals surface area contributed by atoms with Crippen molar-refractivity contribution in [1.29, 1.82) is 0 Å². The number of carbonyl (C=O) groups is 1. The van der Waals surface area contributed by atoms with Gasteiger partial charge in [0.05, 0.1) is 29.4 Å². The van der Waals surface area contributed by atoms with E-state index in [4.69, 9.17) is 17.0 Å². The number of ether oxygens (including phenoxy) is 2. The number of hydrogen-bond acceptors (Lipinski definition) is 7. The molecule has 0 bridgehead atoms. The van der Waals surface area contributed by atoms with Gasteiger partial charge < -0.3 is 20.1 Å². The zero-order valence-corrected chi connectivity index (χ0v) is 19.7. The highest BCUT2D eigenvalue weighted by Crippen LogP contribution is 2.32. The van der Waals surface area contributed by atoms with Crippen LogP contribution >= 0.6 is 23.6 Å². The molecule has 13 heteroatoms. The molecule has 2 N–H and O–H groups in total. The van der Waals surface area contributed by atoms with Crippen LogP contribution in [-0.4, -0.2) is 35.9 Å². The van der Waals surface area contributed by atoms with E-state index in [0.717, 1.165) is 28.6 Å². The number of halogens is 3. The molecule has 0 aliphatic rings. The molecule has 0 fully saturated rings. The summed E-state index contributed by atoms with van der Waals surface area (Å²) in [7, 11) is 1.24. The molecular formula is C22H18F3N3O5S2. The Balaban J connectivity index is 1.79. The van der Waals surface area contributed by atoms with E-state index < -0.39 is 29.4 Å². The molecule has 8 nitrogen and oxygen atoms in total. The average molecular weight is 526 g/mol. The summed E-state index contributed by atoms with van der Waals surface area (Å²) in [5.74, 6) is -0.956. The summed E-state index contributed by atoms with van der Waals surface area (Å²) in [6, 6.07) is 14.3. The number of nitro groups is 1. The van der Waals surface area contributed by atoms with E-state index >= 15 is 0 Å². The number of rotatable bonds is 8. The number of nitro benzene ring substituents is 1. The molecule has 1 aromatic heterocycles. The second-order valence-electron chi connectivity index (χ2n) is 7.07. The van der Waals surface area contributed by atoms with Crippen molar-refractivity contribution in [3.05, 3.63) is 80.7 Å². The molecule has 0 aliphatic heterocycles. The first-order chi connectivity index (χ1) is 16.5. The second-order valence-corrected chi connectivity index (χ2v) is 8.61. The minimum atomic E-state index is -4.62. The smallest absolute Gasteiger partial charge is 0.422 e. The molecule has 0 amide bonds. The van der Waals surface area contributed by atoms with Crippen LogP contribution < -0.4 is 15.4 Å². The van der Waals surface area contributed by atoms with Gasteiger partial charge >= 0.3 is 12.1 Å². The Morgan fingerprint density at radius 1 is 1.14 bits per heavy atom. The van der Waals surface area contributed by atoms with Crippen LogP contribution in [0.1, 0.15) is 20.8 Å². The average Bonchev–Trinajstić information content (AvgIpc) is 3.18. The number of esters is 1. The van der Waals surface area contributed by atoms with Crippen molar-refractivity contribution in [2.45, 2.75) is 12.6 Å². The Morgan fingerprint density at radius 3 is 2.49 bits per heavy atom. The summed E-state index contributed by atoms with van der Waals surface area (Å²) in [6.07, 6.45) is -4.06. The van der Waals surface area contributed by atoms with Gasteiger partial charge in [0.2, 0.25) is 0 Å². The van der Waals surface area contributed by atoms with Crippen LogP contribution in [0.4, 0.5) is 29.5 Å². The minimum absolute atomic E-state index is 0.0227. The van der Waals surface area contributed by atoms with Crippen molar-refractivity contribution in [3.8, 4) is 5.75 Å². The first-order valence-electron chi connectivity index (χ1n) is 9.86. The number of alkyl halides is 3. The first-order valence-corrected chi connectivity index (χ1v) is 11.1. The van der Waals surface area contributed by atoms with Gasteiger partial charge in [-0.2, -0.15) is 13.2 Å². The highest BCUT2D eigenvalue weighted by atomic mass is 32.1. The monoisotopic (exact) mass is 525 g/mol. The van der Waals surface area contributed by atoms with Crippen LogP contribution in [0.15, 0.2) is 54.6 Å². The van der Waals surface area contributed by atoms with Gasteiger partial charge in [0, 0.05) is 23.4 Å². The molecule has 0 radical (unpaired) electrons. The van der Waals surface area contributed by atoms with E-state index in [1.54, 1.807) is 6.07 Å². The van der Waals surface area contributed by atoms with Gasteiger partial charge in [-0.3, -0.25) is 10.1 Å². The largest absolute Gasteiger partial charge is 0.484 e. The molecule has 0 atom stereocenters. The third-order valence-corrected chi connectivity index (χ3v) is 5.65. The molecule has 3 aromatic rings. The number of nitrogens with one attached hydrogen (secondary N) is 2. The number of anilines is 2. The highest BCUT2D eigenvalue weighted by Gasteiger charge is 2.29. The fraction of sp³-hybridized carbons (Fsp3) is 0.182. The summed E-state index contributed by atoms with van der Waals surface area (Å²) in [5, 5.41) is 17.0. The molecule has 0 aliphatic carbocycles. The topological polar surface area (TPSA) is 103 Å². The van der Waals surface area contributed by atoms with Gasteiger partial charge in [0.1, 0.15) is 10.8 Å². The van der Waals surface area contributed by atoms with Gasteiger partial charge in [0.25, 0.3) is 5.69 Å². The zero-order chi connectivity index (χ0) is 25.6. The van der Waals surface area contributed by atoms with Crippen molar-refractivity contribution in [1.82, 2.24) is 0 Å². The fourth-order valence-corrected chi connectivity index (χ4v) is 4.32. The van der Waals surface area contributed by atoms with Crippen LogP contribution in [0.25, 0.3) is 0 Å². The molecular weight excluding hydrogens is 507 g/mol. The summed E-state index contributed by atoms with van der Waals surface area (Å²) in [6.45, 7) is -1.61. The molecule has 0 spiro atoms. The molecule has 0 unspecified atom stereocenters. The number of thiophene rings is 1. The number of carbonyl (C=O) groups excluding carboxylic acids is 1. The lowest BCUT2D eigenvalue weighted by atomic mass is 10.1. The molecule has 0 saturated heterocycles. The number of methoxy groups -OCH3 is 1. The second kappa shape index (κ2) is 11.1. The molecule has 184 valence electrons. The number of nitrogens with zero attached hydrogens (tertiary/aromatic N) is 1. The van der Waals surface area contributed by atoms with Gasteiger partial charge in [-0.05, 0) is 23.8 Å². The number of thiocarbonyl (C=S) groups is 1. The van der Waals surface area contributed by atoms with Gasteiger partial charge in [-0.25, -0.2) is 4.79 Å². The van der Waals surface area contributed by atoms with Crippen molar-refractivity contribution in [3.63, 3.8) is 0 Å². The van der Waals surface area contributed by atoms with Crippen LogP contribution in [0, 0.1) is 10.1 Å². The lowest BCUT2D eigenvalue weighted by Gasteiger charge is -2.13. The highest BCUT2D eigenvalue weighted by molar-refractivity contribution is 7.80. The number of hydrogen-bond donors (Lipinski definition) is 2. The molecule has 2 aromatic carbocycles. The van der Waals surface area contributed by atoms with E-state index in [0.29, 0.717) is 11.4 Å².